The van der Waals surface area contributed by atoms with Crippen LogP contribution in [0.15, 0.2) is 65.6 Å². The van der Waals surface area contributed by atoms with Gasteiger partial charge in [-0.1, -0.05) is 24.3 Å². The molecule has 0 unspecified atom stereocenters. The zero-order valence-corrected chi connectivity index (χ0v) is 19.5. The highest BCUT2D eigenvalue weighted by molar-refractivity contribution is 7.92. The lowest BCUT2D eigenvalue weighted by molar-refractivity contribution is 0.0476. The van der Waals surface area contributed by atoms with E-state index >= 15 is 0 Å². The van der Waals surface area contributed by atoms with E-state index in [0.29, 0.717) is 30.3 Å². The van der Waals surface area contributed by atoms with Crippen molar-refractivity contribution in [3.63, 3.8) is 0 Å². The average Bonchev–Trinajstić information content (AvgIpc) is 2.83. The molecular weight excluding hydrogens is 458 g/mol. The number of esters is 1. The Morgan fingerprint density at radius 2 is 1.65 bits per heavy atom. The summed E-state index contributed by atoms with van der Waals surface area (Å²) in [5.41, 5.74) is 2.45. The molecule has 0 atom stereocenters. The molecule has 3 aromatic carbocycles. The minimum absolute atomic E-state index is 0.0171. The van der Waals surface area contributed by atoms with Gasteiger partial charge in [0, 0.05) is 11.6 Å². The van der Waals surface area contributed by atoms with Gasteiger partial charge in [0.05, 0.1) is 16.1 Å². The number of ether oxygens (including phenoxy) is 3. The van der Waals surface area contributed by atoms with Crippen molar-refractivity contribution in [3.8, 4) is 11.5 Å². The minimum atomic E-state index is -4.05. The number of aryl methyl sites for hydroxylation is 2. The normalized spacial score (nSPS) is 12.6. The first-order valence-corrected chi connectivity index (χ1v) is 12.0. The van der Waals surface area contributed by atoms with Gasteiger partial charge in [0.2, 0.25) is 0 Å². The third-order valence-corrected chi connectivity index (χ3v) is 6.74. The molecule has 0 amide bonds. The maximum atomic E-state index is 13.0. The Hall–Kier alpha value is -3.85. The zero-order valence-electron chi connectivity index (χ0n) is 18.7. The van der Waals surface area contributed by atoms with Crippen molar-refractivity contribution in [3.05, 3.63) is 82.9 Å². The lowest BCUT2D eigenvalue weighted by Gasteiger charge is -2.19. The Morgan fingerprint density at radius 3 is 2.41 bits per heavy atom. The Balaban J connectivity index is 1.49. The fraction of sp³-hybridized carbons (Fsp3) is 0.200. The fourth-order valence-electron chi connectivity index (χ4n) is 3.35. The van der Waals surface area contributed by atoms with Gasteiger partial charge >= 0.3 is 5.97 Å². The molecule has 8 nitrogen and oxygen atoms in total. The van der Waals surface area contributed by atoms with Crippen molar-refractivity contribution in [2.24, 2.45) is 0 Å². The Labute approximate surface area is 197 Å². The van der Waals surface area contributed by atoms with Gasteiger partial charge in [0.15, 0.2) is 23.9 Å². The topological polar surface area (TPSA) is 108 Å². The van der Waals surface area contributed by atoms with Gasteiger partial charge in [-0.2, -0.15) is 0 Å². The van der Waals surface area contributed by atoms with E-state index < -0.39 is 22.6 Å². The molecule has 9 heteroatoms. The predicted molar refractivity (Wildman–Crippen MR) is 125 cm³/mol. The highest BCUT2D eigenvalue weighted by Gasteiger charge is 2.22. The summed E-state index contributed by atoms with van der Waals surface area (Å²) in [5.74, 6) is -0.391. The molecule has 0 aromatic heterocycles. The molecule has 34 heavy (non-hydrogen) atoms. The van der Waals surface area contributed by atoms with Gasteiger partial charge in [0.1, 0.15) is 13.2 Å². The molecule has 1 heterocycles. The number of hydrogen-bond donors (Lipinski definition) is 1. The number of benzene rings is 3. The molecule has 4 rings (SSSR count). The van der Waals surface area contributed by atoms with Gasteiger partial charge in [-0.3, -0.25) is 9.52 Å². The van der Waals surface area contributed by atoms with Gasteiger partial charge in [0.25, 0.3) is 10.0 Å². The van der Waals surface area contributed by atoms with Crippen molar-refractivity contribution in [2.45, 2.75) is 18.7 Å². The second kappa shape index (κ2) is 9.56. The molecule has 176 valence electrons. The molecule has 0 saturated heterocycles. The van der Waals surface area contributed by atoms with E-state index in [9.17, 15) is 18.0 Å². The molecule has 3 aromatic rings. The molecule has 0 aliphatic carbocycles. The number of sulfonamides is 1. The Bertz CT molecular complexity index is 1370. The van der Waals surface area contributed by atoms with Crippen LogP contribution in [0.25, 0.3) is 0 Å². The molecule has 1 aliphatic rings. The average molecular weight is 482 g/mol. The fourth-order valence-corrected chi connectivity index (χ4v) is 4.45. The molecule has 0 radical (unpaired) electrons. The standard InChI is InChI=1S/C25H23NO7S/c1-16-7-8-18(13-17(16)2)22(27)15-33-25(28)20-5-3-4-6-21(20)26-34(29,30)19-9-10-23-24(14-19)32-12-11-31-23/h3-10,13-14,26H,11-12,15H2,1-2H3. The summed E-state index contributed by atoms with van der Waals surface area (Å²) in [6.45, 7) is 4.07. The third kappa shape index (κ3) is 5.04. The number of anilines is 1. The van der Waals surface area contributed by atoms with Crippen molar-refractivity contribution >= 4 is 27.5 Å². The summed E-state index contributed by atoms with van der Waals surface area (Å²) < 4.78 is 44.4. The van der Waals surface area contributed by atoms with Crippen molar-refractivity contribution in [1.29, 1.82) is 0 Å². The van der Waals surface area contributed by atoms with Gasteiger partial charge in [-0.05, 0) is 55.3 Å². The number of rotatable bonds is 7. The smallest absolute Gasteiger partial charge is 0.340 e. The highest BCUT2D eigenvalue weighted by atomic mass is 32.2. The summed E-state index contributed by atoms with van der Waals surface area (Å²) in [6.07, 6.45) is 0. The molecule has 0 saturated carbocycles. The van der Waals surface area contributed by atoms with E-state index in [4.69, 9.17) is 14.2 Å². The first-order valence-electron chi connectivity index (χ1n) is 10.5. The maximum Gasteiger partial charge on any atom is 0.340 e. The van der Waals surface area contributed by atoms with Crippen LogP contribution in [0, 0.1) is 13.8 Å². The summed E-state index contributed by atoms with van der Waals surface area (Å²) in [7, 11) is -4.05. The van der Waals surface area contributed by atoms with E-state index in [1.54, 1.807) is 24.3 Å². The quantitative estimate of drug-likeness (QED) is 0.403. The Morgan fingerprint density at radius 1 is 0.912 bits per heavy atom. The zero-order chi connectivity index (χ0) is 24.3. The third-order valence-electron chi connectivity index (χ3n) is 5.38. The van der Waals surface area contributed by atoms with E-state index in [1.165, 1.54) is 30.3 Å². The van der Waals surface area contributed by atoms with E-state index in [-0.39, 0.29) is 21.9 Å². The predicted octanol–water partition coefficient (Wildman–Crippen LogP) is 3.92. The van der Waals surface area contributed by atoms with Crippen LogP contribution in [0.2, 0.25) is 0 Å². The van der Waals surface area contributed by atoms with E-state index in [2.05, 4.69) is 4.72 Å². The van der Waals surface area contributed by atoms with Crippen LogP contribution in [0.4, 0.5) is 5.69 Å². The van der Waals surface area contributed by atoms with Crippen LogP contribution in [-0.4, -0.2) is 40.0 Å². The number of ketones is 1. The van der Waals surface area contributed by atoms with E-state index in [1.807, 2.05) is 19.9 Å². The summed E-state index contributed by atoms with van der Waals surface area (Å²) in [4.78, 5) is 25.1. The number of hydrogen-bond acceptors (Lipinski definition) is 7. The summed E-state index contributed by atoms with van der Waals surface area (Å²) in [6, 6.07) is 15.5. The lowest BCUT2D eigenvalue weighted by Crippen LogP contribution is -2.19. The summed E-state index contributed by atoms with van der Waals surface area (Å²) in [5, 5.41) is 0. The van der Waals surface area contributed by atoms with Crippen LogP contribution in [-0.2, 0) is 14.8 Å². The highest BCUT2D eigenvalue weighted by Crippen LogP contribution is 2.33. The van der Waals surface area contributed by atoms with Gasteiger partial charge in [-0.15, -0.1) is 0 Å². The van der Waals surface area contributed by atoms with Crippen LogP contribution in [0.1, 0.15) is 31.8 Å². The first-order chi connectivity index (χ1) is 16.2. The molecule has 1 N–H and O–H groups in total. The van der Waals surface area contributed by atoms with E-state index in [0.717, 1.165) is 11.1 Å². The van der Waals surface area contributed by atoms with Gasteiger partial charge < -0.3 is 14.2 Å². The first kappa shape index (κ1) is 23.3. The number of carbonyl (C=O) groups is 2. The minimum Gasteiger partial charge on any atom is -0.486 e. The van der Waals surface area contributed by atoms with Crippen LogP contribution in [0.3, 0.4) is 0 Å². The molecular formula is C25H23NO7S. The molecule has 0 fully saturated rings. The number of para-hydroxylation sites is 1. The summed E-state index contributed by atoms with van der Waals surface area (Å²) >= 11 is 0. The van der Waals surface area contributed by atoms with Crippen molar-refractivity contribution < 1.29 is 32.2 Å². The van der Waals surface area contributed by atoms with Gasteiger partial charge in [-0.25, -0.2) is 13.2 Å². The monoisotopic (exact) mass is 481 g/mol. The number of fused-ring (bicyclic) bond motifs is 1. The SMILES string of the molecule is Cc1ccc(C(=O)COC(=O)c2ccccc2NS(=O)(=O)c2ccc3c(c2)OCCO3)cc1C. The number of carbonyl (C=O) groups excluding carboxylic acids is 2. The molecule has 1 aliphatic heterocycles. The lowest BCUT2D eigenvalue weighted by atomic mass is 10.0. The maximum absolute atomic E-state index is 13.0. The van der Waals surface area contributed by atoms with Crippen LogP contribution < -0.4 is 14.2 Å². The molecule has 0 bridgehead atoms. The van der Waals surface area contributed by atoms with Crippen LogP contribution >= 0.6 is 0 Å². The van der Waals surface area contributed by atoms with Crippen molar-refractivity contribution in [2.75, 3.05) is 24.5 Å². The molecule has 0 spiro atoms. The second-order valence-corrected chi connectivity index (χ2v) is 9.44. The van der Waals surface area contributed by atoms with Crippen molar-refractivity contribution in [1.82, 2.24) is 0 Å². The second-order valence-electron chi connectivity index (χ2n) is 7.75. The van der Waals surface area contributed by atoms with Crippen LogP contribution in [0.5, 0.6) is 11.5 Å². The largest absolute Gasteiger partial charge is 0.486 e. The Kier molecular flexibility index (Phi) is 6.56. The number of nitrogens with one attached hydrogen (secondary N) is 1. The number of Topliss-reactive ketones (excluding diaryl/α,β-unsaturated/α-hetero) is 1.